The molecule has 1 unspecified atom stereocenters. The number of fused-ring (bicyclic) bond motifs is 1. The molecule has 4 rings (SSSR count). The number of esters is 1. The maximum absolute atomic E-state index is 13.3. The second-order valence-corrected chi connectivity index (χ2v) is 7.14. The molecule has 1 atom stereocenters. The first-order chi connectivity index (χ1) is 14.1. The van der Waals surface area contributed by atoms with Crippen molar-refractivity contribution in [3.8, 4) is 0 Å². The number of thiophene rings is 1. The van der Waals surface area contributed by atoms with Crippen LogP contribution >= 0.6 is 11.3 Å². The number of rotatable bonds is 6. The molecule has 3 aromatic heterocycles. The van der Waals surface area contributed by atoms with Crippen LogP contribution in [0, 0.1) is 5.82 Å². The summed E-state index contributed by atoms with van der Waals surface area (Å²) in [6.45, 7) is -0.442. The highest BCUT2D eigenvalue weighted by atomic mass is 32.1. The van der Waals surface area contributed by atoms with Crippen molar-refractivity contribution in [3.05, 3.63) is 88.3 Å². The van der Waals surface area contributed by atoms with E-state index < -0.39 is 24.5 Å². The summed E-state index contributed by atoms with van der Waals surface area (Å²) < 4.78 is 20.0. The Morgan fingerprint density at radius 2 is 2.00 bits per heavy atom. The van der Waals surface area contributed by atoms with Gasteiger partial charge in [-0.15, -0.1) is 21.5 Å². The molecule has 0 radical (unpaired) electrons. The Kier molecular flexibility index (Phi) is 5.30. The van der Waals surface area contributed by atoms with Crippen molar-refractivity contribution in [2.75, 3.05) is 6.61 Å². The SMILES string of the molecule is O=C(COC(=O)c1ccc2nncn2c1)NC(c1ccc(F)cc1)c1cccs1. The van der Waals surface area contributed by atoms with Crippen LogP contribution in [0.15, 0.2) is 66.4 Å². The van der Waals surface area contributed by atoms with E-state index >= 15 is 0 Å². The first-order valence-corrected chi connectivity index (χ1v) is 9.53. The average molecular weight is 410 g/mol. The molecule has 146 valence electrons. The lowest BCUT2D eigenvalue weighted by Crippen LogP contribution is -2.32. The Morgan fingerprint density at radius 1 is 1.17 bits per heavy atom. The van der Waals surface area contributed by atoms with E-state index in [2.05, 4.69) is 15.5 Å². The van der Waals surface area contributed by atoms with Gasteiger partial charge in [0.1, 0.15) is 12.1 Å². The molecular weight excluding hydrogens is 395 g/mol. The summed E-state index contributed by atoms with van der Waals surface area (Å²) in [7, 11) is 0. The number of aromatic nitrogens is 3. The van der Waals surface area contributed by atoms with Gasteiger partial charge in [-0.1, -0.05) is 18.2 Å². The van der Waals surface area contributed by atoms with Crippen LogP contribution in [0.3, 0.4) is 0 Å². The Bertz CT molecular complexity index is 1140. The molecule has 0 aliphatic carbocycles. The van der Waals surface area contributed by atoms with Crippen molar-refractivity contribution >= 4 is 28.9 Å². The van der Waals surface area contributed by atoms with E-state index in [1.165, 1.54) is 36.0 Å². The summed E-state index contributed by atoms with van der Waals surface area (Å²) in [6.07, 6.45) is 3.00. The smallest absolute Gasteiger partial charge is 0.340 e. The molecule has 4 aromatic rings. The maximum atomic E-state index is 13.3. The zero-order valence-electron chi connectivity index (χ0n) is 15.0. The number of benzene rings is 1. The second-order valence-electron chi connectivity index (χ2n) is 6.16. The predicted molar refractivity (Wildman–Crippen MR) is 104 cm³/mol. The number of nitrogens with one attached hydrogen (secondary N) is 1. The van der Waals surface area contributed by atoms with E-state index in [9.17, 15) is 14.0 Å². The van der Waals surface area contributed by atoms with Crippen molar-refractivity contribution in [2.45, 2.75) is 6.04 Å². The third-order valence-corrected chi connectivity index (χ3v) is 5.13. The van der Waals surface area contributed by atoms with Crippen molar-refractivity contribution in [2.24, 2.45) is 0 Å². The zero-order valence-corrected chi connectivity index (χ0v) is 15.8. The molecule has 1 amide bonds. The fraction of sp³-hybridized carbons (Fsp3) is 0.100. The third kappa shape index (κ3) is 4.30. The average Bonchev–Trinajstić information content (AvgIpc) is 3.42. The molecular formula is C20H15FN4O3S. The summed E-state index contributed by atoms with van der Waals surface area (Å²) in [5.41, 5.74) is 1.60. The monoisotopic (exact) mass is 410 g/mol. The molecule has 3 heterocycles. The largest absolute Gasteiger partial charge is 0.452 e. The fourth-order valence-corrected chi connectivity index (χ4v) is 3.60. The first-order valence-electron chi connectivity index (χ1n) is 8.65. The van der Waals surface area contributed by atoms with E-state index in [0.717, 1.165) is 10.4 Å². The van der Waals surface area contributed by atoms with E-state index in [0.29, 0.717) is 5.65 Å². The standard InChI is InChI=1S/C20H15FN4O3S/c21-15-6-3-13(4-7-15)19(16-2-1-9-29-16)23-18(26)11-28-20(27)14-5-8-17-24-22-12-25(17)10-14/h1-10,12,19H,11H2,(H,23,26). The van der Waals surface area contributed by atoms with Crippen LogP contribution in [-0.2, 0) is 9.53 Å². The molecule has 7 nitrogen and oxygen atoms in total. The molecule has 29 heavy (non-hydrogen) atoms. The molecule has 0 bridgehead atoms. The summed E-state index contributed by atoms with van der Waals surface area (Å²) in [5.74, 6) is -1.46. The van der Waals surface area contributed by atoms with Crippen molar-refractivity contribution in [1.82, 2.24) is 19.9 Å². The van der Waals surface area contributed by atoms with Crippen LogP contribution in [0.5, 0.6) is 0 Å². The molecule has 0 saturated carbocycles. The van der Waals surface area contributed by atoms with Gasteiger partial charge in [0.2, 0.25) is 0 Å². The van der Waals surface area contributed by atoms with Gasteiger partial charge >= 0.3 is 5.97 Å². The van der Waals surface area contributed by atoms with Crippen molar-refractivity contribution in [3.63, 3.8) is 0 Å². The quantitative estimate of drug-likeness (QED) is 0.494. The minimum atomic E-state index is -0.634. The van der Waals surface area contributed by atoms with E-state index in [4.69, 9.17) is 4.74 Å². The number of carbonyl (C=O) groups is 2. The number of amides is 1. The number of hydrogen-bond acceptors (Lipinski definition) is 6. The Labute approximate surface area is 168 Å². The maximum Gasteiger partial charge on any atom is 0.340 e. The molecule has 9 heteroatoms. The van der Waals surface area contributed by atoms with Gasteiger partial charge in [0.25, 0.3) is 5.91 Å². The fourth-order valence-electron chi connectivity index (χ4n) is 2.79. The topological polar surface area (TPSA) is 85.6 Å². The summed E-state index contributed by atoms with van der Waals surface area (Å²) in [4.78, 5) is 25.5. The highest BCUT2D eigenvalue weighted by Crippen LogP contribution is 2.26. The van der Waals surface area contributed by atoms with Crippen LogP contribution in [-0.4, -0.2) is 33.1 Å². The Morgan fingerprint density at radius 3 is 2.76 bits per heavy atom. The lowest BCUT2D eigenvalue weighted by atomic mass is 10.1. The van der Waals surface area contributed by atoms with E-state index in [1.807, 2.05) is 17.5 Å². The van der Waals surface area contributed by atoms with Gasteiger partial charge in [-0.2, -0.15) is 0 Å². The number of carbonyl (C=O) groups excluding carboxylic acids is 2. The van der Waals surface area contributed by atoms with Crippen LogP contribution in [0.25, 0.3) is 5.65 Å². The molecule has 0 fully saturated rings. The zero-order chi connectivity index (χ0) is 20.2. The highest BCUT2D eigenvalue weighted by Gasteiger charge is 2.19. The number of halogens is 1. The van der Waals surface area contributed by atoms with Crippen LogP contribution in [0.2, 0.25) is 0 Å². The number of ether oxygens (including phenoxy) is 1. The van der Waals surface area contributed by atoms with Crippen LogP contribution in [0.4, 0.5) is 4.39 Å². The van der Waals surface area contributed by atoms with Crippen LogP contribution in [0.1, 0.15) is 26.8 Å². The molecule has 1 aromatic carbocycles. The first kappa shape index (κ1) is 18.8. The molecule has 1 N–H and O–H groups in total. The van der Waals surface area contributed by atoms with Gasteiger partial charge in [0.05, 0.1) is 11.6 Å². The predicted octanol–water partition coefficient (Wildman–Crippen LogP) is 2.99. The van der Waals surface area contributed by atoms with Crippen LogP contribution < -0.4 is 5.32 Å². The Balaban J connectivity index is 1.42. The molecule has 0 saturated heterocycles. The van der Waals surface area contributed by atoms with Gasteiger partial charge in [-0.25, -0.2) is 9.18 Å². The molecule has 0 aliphatic heterocycles. The minimum absolute atomic E-state index is 0.276. The van der Waals surface area contributed by atoms with Gasteiger partial charge in [0.15, 0.2) is 12.3 Å². The summed E-state index contributed by atoms with van der Waals surface area (Å²) in [5, 5.41) is 12.3. The molecule has 0 spiro atoms. The van der Waals surface area contributed by atoms with Gasteiger partial charge in [-0.3, -0.25) is 9.20 Å². The van der Waals surface area contributed by atoms with E-state index in [-0.39, 0.29) is 11.4 Å². The van der Waals surface area contributed by atoms with Gasteiger partial charge < -0.3 is 10.1 Å². The summed E-state index contributed by atoms with van der Waals surface area (Å²) in [6, 6.07) is 12.4. The third-order valence-electron chi connectivity index (χ3n) is 4.20. The van der Waals surface area contributed by atoms with E-state index in [1.54, 1.807) is 28.7 Å². The number of pyridine rings is 1. The van der Waals surface area contributed by atoms with Gasteiger partial charge in [0, 0.05) is 11.1 Å². The highest BCUT2D eigenvalue weighted by molar-refractivity contribution is 7.10. The number of hydrogen-bond donors (Lipinski definition) is 1. The minimum Gasteiger partial charge on any atom is -0.452 e. The lowest BCUT2D eigenvalue weighted by molar-refractivity contribution is -0.124. The van der Waals surface area contributed by atoms with Crippen molar-refractivity contribution < 1.29 is 18.7 Å². The number of nitrogens with zero attached hydrogens (tertiary/aromatic N) is 3. The molecule has 0 aliphatic rings. The van der Waals surface area contributed by atoms with Gasteiger partial charge in [-0.05, 0) is 41.3 Å². The lowest BCUT2D eigenvalue weighted by Gasteiger charge is -2.18. The Hall–Kier alpha value is -3.59. The second kappa shape index (κ2) is 8.19. The summed E-state index contributed by atoms with van der Waals surface area (Å²) >= 11 is 1.46. The normalized spacial score (nSPS) is 11.9. The van der Waals surface area contributed by atoms with Crippen molar-refractivity contribution in [1.29, 1.82) is 0 Å².